The number of hydrogen-bond acceptors (Lipinski definition) is 3. The summed E-state index contributed by atoms with van der Waals surface area (Å²) in [4.78, 5) is 13.7. The summed E-state index contributed by atoms with van der Waals surface area (Å²) in [5.74, 6) is -0.0296. The molecule has 1 saturated heterocycles. The maximum atomic E-state index is 12.1. The van der Waals surface area contributed by atoms with Crippen molar-refractivity contribution < 1.29 is 15.0 Å². The van der Waals surface area contributed by atoms with Gasteiger partial charge in [-0.05, 0) is 31.0 Å². The quantitative estimate of drug-likeness (QED) is 0.783. The molecule has 1 aromatic carbocycles. The molecule has 4 heteroatoms. The van der Waals surface area contributed by atoms with E-state index >= 15 is 0 Å². The second kappa shape index (κ2) is 4.53. The van der Waals surface area contributed by atoms with Crippen LogP contribution in [0.3, 0.4) is 0 Å². The van der Waals surface area contributed by atoms with E-state index in [1.165, 1.54) is 12.1 Å². The molecule has 2 N–H and O–H groups in total. The molecule has 16 heavy (non-hydrogen) atoms. The third-order valence-corrected chi connectivity index (χ3v) is 2.94. The number of phenols is 1. The number of hydrogen-bond donors (Lipinski definition) is 2. The number of phenolic OH excluding ortho intramolecular Hbond substituents is 1. The molecule has 4 nitrogen and oxygen atoms in total. The first-order chi connectivity index (χ1) is 7.72. The summed E-state index contributed by atoms with van der Waals surface area (Å²) in [6.07, 6.45) is 1.77. The molecule has 0 aromatic heterocycles. The van der Waals surface area contributed by atoms with E-state index in [4.69, 9.17) is 5.11 Å². The van der Waals surface area contributed by atoms with Gasteiger partial charge in [-0.3, -0.25) is 4.79 Å². The predicted octanol–water partition coefficient (Wildman–Crippen LogP) is 0.989. The Labute approximate surface area is 94.1 Å². The van der Waals surface area contributed by atoms with E-state index in [2.05, 4.69) is 0 Å². The number of aliphatic hydroxyl groups is 1. The molecule has 1 atom stereocenters. The van der Waals surface area contributed by atoms with Gasteiger partial charge in [-0.25, -0.2) is 0 Å². The third-order valence-electron chi connectivity index (χ3n) is 2.94. The molecule has 0 aliphatic carbocycles. The van der Waals surface area contributed by atoms with Crippen molar-refractivity contribution >= 4 is 5.91 Å². The Kier molecular flexibility index (Phi) is 3.10. The lowest BCUT2D eigenvalue weighted by Crippen LogP contribution is -2.37. The zero-order chi connectivity index (χ0) is 11.5. The van der Waals surface area contributed by atoms with E-state index < -0.39 is 0 Å². The number of amides is 1. The van der Waals surface area contributed by atoms with E-state index in [0.29, 0.717) is 12.1 Å². The van der Waals surface area contributed by atoms with Gasteiger partial charge in [-0.2, -0.15) is 0 Å². The Hall–Kier alpha value is -1.55. The monoisotopic (exact) mass is 221 g/mol. The summed E-state index contributed by atoms with van der Waals surface area (Å²) < 4.78 is 0. The summed E-state index contributed by atoms with van der Waals surface area (Å²) in [5.41, 5.74) is 0.473. The van der Waals surface area contributed by atoms with Gasteiger partial charge in [0.1, 0.15) is 5.75 Å². The number of aliphatic hydroxyl groups excluding tert-OH is 1. The number of likely N-dealkylation sites (tertiary alicyclic amines) is 1. The van der Waals surface area contributed by atoms with Crippen molar-refractivity contribution in [3.8, 4) is 5.75 Å². The Morgan fingerprint density at radius 3 is 3.00 bits per heavy atom. The van der Waals surface area contributed by atoms with Crippen molar-refractivity contribution in [1.82, 2.24) is 4.90 Å². The predicted molar refractivity (Wildman–Crippen MR) is 59.3 cm³/mol. The van der Waals surface area contributed by atoms with Crippen LogP contribution >= 0.6 is 0 Å². The van der Waals surface area contributed by atoms with E-state index in [-0.39, 0.29) is 24.3 Å². The molecule has 1 fully saturated rings. The first-order valence-corrected chi connectivity index (χ1v) is 5.43. The zero-order valence-electron chi connectivity index (χ0n) is 8.97. The second-order valence-electron chi connectivity index (χ2n) is 4.03. The van der Waals surface area contributed by atoms with Crippen LogP contribution in [0.25, 0.3) is 0 Å². The van der Waals surface area contributed by atoms with Crippen LogP contribution in [0.5, 0.6) is 5.75 Å². The van der Waals surface area contributed by atoms with Crippen LogP contribution in [-0.2, 0) is 0 Å². The maximum Gasteiger partial charge on any atom is 0.254 e. The largest absolute Gasteiger partial charge is 0.508 e. The van der Waals surface area contributed by atoms with E-state index in [1.807, 2.05) is 0 Å². The van der Waals surface area contributed by atoms with Gasteiger partial charge in [0, 0.05) is 12.1 Å². The fourth-order valence-corrected chi connectivity index (χ4v) is 2.10. The molecule has 1 unspecified atom stereocenters. The topological polar surface area (TPSA) is 60.8 Å². The highest BCUT2D eigenvalue weighted by molar-refractivity contribution is 5.95. The van der Waals surface area contributed by atoms with Gasteiger partial charge in [0.25, 0.3) is 5.91 Å². The summed E-state index contributed by atoms with van der Waals surface area (Å²) in [6, 6.07) is 6.23. The molecule has 1 aliphatic heterocycles. The molecule has 0 radical (unpaired) electrons. The second-order valence-corrected chi connectivity index (χ2v) is 4.03. The smallest absolute Gasteiger partial charge is 0.254 e. The van der Waals surface area contributed by atoms with Crippen LogP contribution in [-0.4, -0.2) is 40.2 Å². The SMILES string of the molecule is O=C(c1cccc(O)c1)N1CCCC1CO. The number of nitrogens with zero attached hydrogens (tertiary/aromatic N) is 1. The van der Waals surface area contributed by atoms with Gasteiger partial charge < -0.3 is 15.1 Å². The molecule has 1 aromatic rings. The highest BCUT2D eigenvalue weighted by Crippen LogP contribution is 2.21. The standard InChI is InChI=1S/C12H15NO3/c14-8-10-4-2-6-13(10)12(16)9-3-1-5-11(15)7-9/h1,3,5,7,10,14-15H,2,4,6,8H2. The molecule has 0 spiro atoms. The van der Waals surface area contributed by atoms with Crippen molar-refractivity contribution in [3.63, 3.8) is 0 Å². The molecule has 1 amide bonds. The average molecular weight is 221 g/mol. The molecule has 1 heterocycles. The maximum absolute atomic E-state index is 12.1. The summed E-state index contributed by atoms with van der Waals surface area (Å²) >= 11 is 0. The number of carbonyl (C=O) groups is 1. The lowest BCUT2D eigenvalue weighted by Gasteiger charge is -2.23. The molecule has 0 saturated carbocycles. The number of rotatable bonds is 2. The highest BCUT2D eigenvalue weighted by Gasteiger charge is 2.28. The fourth-order valence-electron chi connectivity index (χ4n) is 2.10. The Bertz CT molecular complexity index is 392. The van der Waals surface area contributed by atoms with E-state index in [1.54, 1.807) is 17.0 Å². The third kappa shape index (κ3) is 2.02. The van der Waals surface area contributed by atoms with Crippen LogP contribution < -0.4 is 0 Å². The van der Waals surface area contributed by atoms with Gasteiger partial charge in [0.2, 0.25) is 0 Å². The van der Waals surface area contributed by atoms with Gasteiger partial charge in [0.15, 0.2) is 0 Å². The molecular weight excluding hydrogens is 206 g/mol. The van der Waals surface area contributed by atoms with Crippen molar-refractivity contribution in [1.29, 1.82) is 0 Å². The first kappa shape index (κ1) is 11.0. The van der Waals surface area contributed by atoms with Gasteiger partial charge in [-0.15, -0.1) is 0 Å². The molecule has 2 rings (SSSR count). The Morgan fingerprint density at radius 2 is 2.31 bits per heavy atom. The van der Waals surface area contributed by atoms with E-state index in [0.717, 1.165) is 12.8 Å². The van der Waals surface area contributed by atoms with E-state index in [9.17, 15) is 9.90 Å². The summed E-state index contributed by atoms with van der Waals surface area (Å²) in [6.45, 7) is 0.685. The average Bonchev–Trinajstić information content (AvgIpc) is 2.76. The minimum atomic E-state index is -0.118. The zero-order valence-corrected chi connectivity index (χ0v) is 8.97. The Balaban J connectivity index is 2.18. The minimum absolute atomic E-state index is 0.00452. The molecule has 1 aliphatic rings. The molecule has 86 valence electrons. The van der Waals surface area contributed by atoms with Crippen LogP contribution in [0.2, 0.25) is 0 Å². The van der Waals surface area contributed by atoms with Crippen LogP contribution in [0.15, 0.2) is 24.3 Å². The number of carbonyl (C=O) groups excluding carboxylic acids is 1. The van der Waals surface area contributed by atoms with Crippen molar-refractivity contribution in [2.45, 2.75) is 18.9 Å². The van der Waals surface area contributed by atoms with Gasteiger partial charge >= 0.3 is 0 Å². The van der Waals surface area contributed by atoms with Crippen LogP contribution in [0, 0.1) is 0 Å². The Morgan fingerprint density at radius 1 is 1.50 bits per heavy atom. The van der Waals surface area contributed by atoms with Crippen LogP contribution in [0.4, 0.5) is 0 Å². The normalized spacial score (nSPS) is 20.1. The molecule has 0 bridgehead atoms. The summed E-state index contributed by atoms with van der Waals surface area (Å²) in [7, 11) is 0. The number of aromatic hydroxyl groups is 1. The number of benzene rings is 1. The fraction of sp³-hybridized carbons (Fsp3) is 0.417. The lowest BCUT2D eigenvalue weighted by molar-refractivity contribution is 0.0677. The van der Waals surface area contributed by atoms with Crippen molar-refractivity contribution in [3.05, 3.63) is 29.8 Å². The first-order valence-electron chi connectivity index (χ1n) is 5.43. The van der Waals surface area contributed by atoms with Crippen molar-refractivity contribution in [2.75, 3.05) is 13.2 Å². The van der Waals surface area contributed by atoms with Gasteiger partial charge in [0.05, 0.1) is 12.6 Å². The van der Waals surface area contributed by atoms with Gasteiger partial charge in [-0.1, -0.05) is 6.07 Å². The molecular formula is C12H15NO3. The van der Waals surface area contributed by atoms with Crippen LogP contribution in [0.1, 0.15) is 23.2 Å². The van der Waals surface area contributed by atoms with Crippen molar-refractivity contribution in [2.24, 2.45) is 0 Å². The summed E-state index contributed by atoms with van der Waals surface area (Å²) in [5, 5.41) is 18.5. The minimum Gasteiger partial charge on any atom is -0.508 e. The lowest BCUT2D eigenvalue weighted by atomic mass is 10.1. The highest BCUT2D eigenvalue weighted by atomic mass is 16.3.